The van der Waals surface area contributed by atoms with Crippen LogP contribution >= 0.6 is 0 Å². The van der Waals surface area contributed by atoms with Crippen LogP contribution in [0.5, 0.6) is 0 Å². The van der Waals surface area contributed by atoms with Crippen molar-refractivity contribution in [3.8, 4) is 0 Å². The quantitative estimate of drug-likeness (QED) is 0.171. The summed E-state index contributed by atoms with van der Waals surface area (Å²) in [6.45, 7) is 5.11. The summed E-state index contributed by atoms with van der Waals surface area (Å²) in [4.78, 5) is 0. The van der Waals surface area contributed by atoms with E-state index in [9.17, 15) is 5.11 Å². The first-order valence-corrected chi connectivity index (χ1v) is 14.2. The van der Waals surface area contributed by atoms with Crippen LogP contribution in [0.25, 0.3) is 0 Å². The van der Waals surface area contributed by atoms with Crippen LogP contribution in [0.2, 0.25) is 0 Å². The first-order valence-electron chi connectivity index (χ1n) is 14.2. The first-order chi connectivity index (χ1) is 14.9. The summed E-state index contributed by atoms with van der Waals surface area (Å²) in [7, 11) is 0. The third kappa shape index (κ3) is 17.6. The van der Waals surface area contributed by atoms with Crippen molar-refractivity contribution in [2.24, 2.45) is 11.8 Å². The topological polar surface area (TPSA) is 32.3 Å². The van der Waals surface area contributed by atoms with Gasteiger partial charge in [0.25, 0.3) is 0 Å². The van der Waals surface area contributed by atoms with Gasteiger partial charge in [0, 0.05) is 6.61 Å². The Hall–Kier alpha value is -0.0800. The number of unbranched alkanes of at least 4 members (excludes halogenated alkanes) is 17. The molecule has 0 saturated heterocycles. The Morgan fingerprint density at radius 2 is 0.900 bits per heavy atom. The molecule has 1 saturated carbocycles. The van der Waals surface area contributed by atoms with Crippen LogP contribution in [0.1, 0.15) is 148 Å². The van der Waals surface area contributed by atoms with Crippen molar-refractivity contribution in [3.63, 3.8) is 0 Å². The molecule has 1 aliphatic carbocycles. The van der Waals surface area contributed by atoms with E-state index in [2.05, 4.69) is 12.2 Å². The lowest BCUT2D eigenvalue weighted by atomic mass is 9.82. The summed E-state index contributed by atoms with van der Waals surface area (Å²) in [6, 6.07) is 0. The molecule has 0 bridgehead atoms. The van der Waals surface area contributed by atoms with Crippen LogP contribution < -0.4 is 5.32 Å². The van der Waals surface area contributed by atoms with Crippen LogP contribution in [0, 0.1) is 11.8 Å². The van der Waals surface area contributed by atoms with Gasteiger partial charge in [0.15, 0.2) is 0 Å². The van der Waals surface area contributed by atoms with Crippen molar-refractivity contribution in [1.82, 2.24) is 5.32 Å². The zero-order valence-corrected chi connectivity index (χ0v) is 20.8. The zero-order valence-electron chi connectivity index (χ0n) is 20.8. The van der Waals surface area contributed by atoms with Gasteiger partial charge in [0.05, 0.1) is 0 Å². The molecular weight excluding hydrogens is 366 g/mol. The van der Waals surface area contributed by atoms with E-state index in [-0.39, 0.29) is 0 Å². The summed E-state index contributed by atoms with van der Waals surface area (Å²) < 4.78 is 0. The fourth-order valence-corrected chi connectivity index (χ4v) is 5.08. The molecule has 2 heteroatoms. The maximum Gasteiger partial charge on any atom is 0.0459 e. The zero-order chi connectivity index (χ0) is 21.5. The number of aliphatic hydroxyl groups excluding tert-OH is 1. The molecule has 0 aromatic heterocycles. The van der Waals surface area contributed by atoms with Gasteiger partial charge in [-0.05, 0) is 57.0 Å². The number of hydrogen-bond acceptors (Lipinski definition) is 2. The number of hydrogen-bond donors (Lipinski definition) is 2. The SMILES string of the molecule is CCCCCCCCCCCCCCCCCCCCNCC1CCC(CO)CC1. The Balaban J connectivity index is 1.67. The molecule has 1 aliphatic rings. The monoisotopic (exact) mass is 423 g/mol. The largest absolute Gasteiger partial charge is 0.396 e. The second-order valence-electron chi connectivity index (χ2n) is 10.3. The summed E-state index contributed by atoms with van der Waals surface area (Å²) >= 11 is 0. The second kappa shape index (κ2) is 22.1. The lowest BCUT2D eigenvalue weighted by Crippen LogP contribution is -2.28. The Bertz CT molecular complexity index is 325. The van der Waals surface area contributed by atoms with E-state index in [4.69, 9.17) is 0 Å². The van der Waals surface area contributed by atoms with Gasteiger partial charge >= 0.3 is 0 Å². The van der Waals surface area contributed by atoms with E-state index in [1.807, 2.05) is 0 Å². The fraction of sp³-hybridized carbons (Fsp3) is 1.00. The first kappa shape index (κ1) is 28.0. The van der Waals surface area contributed by atoms with E-state index in [1.165, 1.54) is 154 Å². The Morgan fingerprint density at radius 3 is 1.30 bits per heavy atom. The van der Waals surface area contributed by atoms with E-state index >= 15 is 0 Å². The molecule has 0 aromatic carbocycles. The van der Waals surface area contributed by atoms with Crippen LogP contribution in [0.3, 0.4) is 0 Å². The second-order valence-corrected chi connectivity index (χ2v) is 10.3. The molecule has 1 rings (SSSR count). The average Bonchev–Trinajstić information content (AvgIpc) is 2.78. The lowest BCUT2D eigenvalue weighted by Gasteiger charge is -2.27. The molecule has 180 valence electrons. The van der Waals surface area contributed by atoms with Gasteiger partial charge in [0.1, 0.15) is 0 Å². The van der Waals surface area contributed by atoms with Gasteiger partial charge in [-0.15, -0.1) is 0 Å². The van der Waals surface area contributed by atoms with Gasteiger partial charge in [0.2, 0.25) is 0 Å². The summed E-state index contributed by atoms with van der Waals surface area (Å²) in [5.41, 5.74) is 0. The molecule has 0 amide bonds. The van der Waals surface area contributed by atoms with E-state index in [0.29, 0.717) is 12.5 Å². The van der Waals surface area contributed by atoms with E-state index in [0.717, 1.165) is 5.92 Å². The third-order valence-electron chi connectivity index (χ3n) is 7.36. The minimum Gasteiger partial charge on any atom is -0.396 e. The summed E-state index contributed by atoms with van der Waals surface area (Å²) in [6.07, 6.45) is 31.2. The summed E-state index contributed by atoms with van der Waals surface area (Å²) in [5, 5.41) is 12.9. The number of aliphatic hydroxyl groups is 1. The number of nitrogens with one attached hydrogen (secondary N) is 1. The van der Waals surface area contributed by atoms with Crippen molar-refractivity contribution < 1.29 is 5.11 Å². The molecular formula is C28H57NO. The smallest absolute Gasteiger partial charge is 0.0459 e. The Morgan fingerprint density at radius 1 is 0.533 bits per heavy atom. The van der Waals surface area contributed by atoms with Crippen LogP contribution in [-0.4, -0.2) is 24.8 Å². The molecule has 1 fully saturated rings. The highest BCUT2D eigenvalue weighted by molar-refractivity contribution is 4.73. The van der Waals surface area contributed by atoms with Gasteiger partial charge in [-0.2, -0.15) is 0 Å². The molecule has 30 heavy (non-hydrogen) atoms. The summed E-state index contributed by atoms with van der Waals surface area (Å²) in [5.74, 6) is 1.46. The average molecular weight is 424 g/mol. The highest BCUT2D eigenvalue weighted by Gasteiger charge is 2.19. The highest BCUT2D eigenvalue weighted by atomic mass is 16.3. The lowest BCUT2D eigenvalue weighted by molar-refractivity contribution is 0.166. The molecule has 0 radical (unpaired) electrons. The van der Waals surface area contributed by atoms with Gasteiger partial charge < -0.3 is 10.4 Å². The molecule has 2 N–H and O–H groups in total. The van der Waals surface area contributed by atoms with Crippen molar-refractivity contribution in [2.45, 2.75) is 148 Å². The van der Waals surface area contributed by atoms with Crippen molar-refractivity contribution >= 4 is 0 Å². The maximum atomic E-state index is 9.21. The van der Waals surface area contributed by atoms with E-state index in [1.54, 1.807) is 0 Å². The molecule has 0 spiro atoms. The van der Waals surface area contributed by atoms with Crippen molar-refractivity contribution in [2.75, 3.05) is 19.7 Å². The molecule has 0 aromatic rings. The standard InChI is InChI=1S/C28H57NO/c1-2-3-4-5-6-7-8-9-10-11-12-13-14-15-16-17-18-19-24-29-25-27-20-22-28(26-30)23-21-27/h27-30H,2-26H2,1H3. The predicted octanol–water partition coefficient (Wildman–Crippen LogP) is 8.42. The van der Waals surface area contributed by atoms with Crippen LogP contribution in [-0.2, 0) is 0 Å². The minimum atomic E-state index is 0.402. The van der Waals surface area contributed by atoms with E-state index < -0.39 is 0 Å². The molecule has 0 heterocycles. The minimum absolute atomic E-state index is 0.402. The molecule has 0 aliphatic heterocycles. The van der Waals surface area contributed by atoms with Gasteiger partial charge in [-0.1, -0.05) is 116 Å². The predicted molar refractivity (Wildman–Crippen MR) is 134 cm³/mol. The van der Waals surface area contributed by atoms with Crippen LogP contribution in [0.15, 0.2) is 0 Å². The fourth-order valence-electron chi connectivity index (χ4n) is 5.08. The highest BCUT2D eigenvalue weighted by Crippen LogP contribution is 2.27. The van der Waals surface area contributed by atoms with Gasteiger partial charge in [-0.25, -0.2) is 0 Å². The van der Waals surface area contributed by atoms with Gasteiger partial charge in [-0.3, -0.25) is 0 Å². The maximum absolute atomic E-state index is 9.21. The Kier molecular flexibility index (Phi) is 20.6. The third-order valence-corrected chi connectivity index (χ3v) is 7.36. The van der Waals surface area contributed by atoms with Crippen molar-refractivity contribution in [1.29, 1.82) is 0 Å². The molecule has 0 unspecified atom stereocenters. The van der Waals surface area contributed by atoms with Crippen molar-refractivity contribution in [3.05, 3.63) is 0 Å². The Labute approximate surface area is 190 Å². The molecule has 2 nitrogen and oxygen atoms in total. The van der Waals surface area contributed by atoms with Crippen LogP contribution in [0.4, 0.5) is 0 Å². The number of rotatable bonds is 22. The normalized spacial score (nSPS) is 19.4. The molecule has 0 atom stereocenters.